The fourth-order valence-electron chi connectivity index (χ4n) is 5.83. The average molecular weight is 702 g/mol. The van der Waals surface area contributed by atoms with Gasteiger partial charge < -0.3 is 30.3 Å². The summed E-state index contributed by atoms with van der Waals surface area (Å²) in [5.41, 5.74) is 6.16. The van der Waals surface area contributed by atoms with Crippen molar-refractivity contribution in [2.24, 2.45) is 23.5 Å². The van der Waals surface area contributed by atoms with E-state index in [4.69, 9.17) is 15.2 Å². The van der Waals surface area contributed by atoms with Crippen LogP contribution in [0.5, 0.6) is 0 Å². The van der Waals surface area contributed by atoms with Crippen molar-refractivity contribution in [2.75, 3.05) is 27.8 Å². The van der Waals surface area contributed by atoms with E-state index in [2.05, 4.69) is 0 Å². The van der Waals surface area contributed by atoms with Crippen LogP contribution in [0.3, 0.4) is 0 Å². The zero-order valence-corrected chi connectivity index (χ0v) is 29.9. The van der Waals surface area contributed by atoms with Crippen LogP contribution in [-0.4, -0.2) is 117 Å². The Bertz CT molecular complexity index is 1190. The fraction of sp³-hybridized carbons (Fsp3) is 0.867. The highest BCUT2D eigenvalue weighted by atomic mass is 32.2. The van der Waals surface area contributed by atoms with Gasteiger partial charge in [0.05, 0.1) is 47.9 Å². The molecule has 1 aliphatic rings. The molecule has 0 spiro atoms. The molecule has 1 saturated heterocycles. The van der Waals surface area contributed by atoms with E-state index in [1.807, 2.05) is 32.4 Å². The first-order chi connectivity index (χ1) is 21.6. The summed E-state index contributed by atoms with van der Waals surface area (Å²) in [4.78, 5) is 54.5. The minimum atomic E-state index is -5.21. The molecule has 17 heteroatoms. The first-order valence-electron chi connectivity index (χ1n) is 15.9. The predicted octanol–water partition coefficient (Wildman–Crippen LogP) is 1.79. The van der Waals surface area contributed by atoms with Crippen LogP contribution in [0.2, 0.25) is 0 Å². The number of carbonyl (C=O) groups is 4. The summed E-state index contributed by atoms with van der Waals surface area (Å²) < 4.78 is 77.0. The minimum absolute atomic E-state index is 0.0419. The third-order valence-electron chi connectivity index (χ3n) is 9.31. The molecule has 13 nitrogen and oxygen atoms in total. The van der Waals surface area contributed by atoms with Gasteiger partial charge in [-0.15, -0.1) is 0 Å². The van der Waals surface area contributed by atoms with Crippen molar-refractivity contribution >= 4 is 33.7 Å². The van der Waals surface area contributed by atoms with Crippen molar-refractivity contribution in [2.45, 2.75) is 122 Å². The minimum Gasteiger partial charge on any atom is -0.379 e. The molecular formula is C30H54F3N5O8S. The molecule has 0 aliphatic carbocycles. The zero-order chi connectivity index (χ0) is 36.6. The molecule has 1 unspecified atom stereocenters. The Labute approximate surface area is 276 Å². The van der Waals surface area contributed by atoms with Crippen molar-refractivity contribution < 1.29 is 50.2 Å². The van der Waals surface area contributed by atoms with Crippen molar-refractivity contribution in [3.05, 3.63) is 0 Å². The monoisotopic (exact) mass is 701 g/mol. The highest BCUT2D eigenvalue weighted by Gasteiger charge is 2.44. The number of likely N-dealkylation sites (tertiary alicyclic amines) is 1. The molecule has 9 atom stereocenters. The summed E-state index contributed by atoms with van der Waals surface area (Å²) in [5, 5.41) is -0.0114. The molecule has 0 radical (unpaired) electrons. The molecule has 1 rings (SSSR count). The lowest BCUT2D eigenvalue weighted by Crippen LogP contribution is -2.56. The summed E-state index contributed by atoms with van der Waals surface area (Å²) in [6, 6.07) is -3.28. The van der Waals surface area contributed by atoms with Gasteiger partial charge in [0.2, 0.25) is 27.7 Å². The number of halogens is 3. The molecule has 4 amide bonds. The van der Waals surface area contributed by atoms with E-state index in [9.17, 15) is 40.8 Å². The highest BCUT2D eigenvalue weighted by molar-refractivity contribution is 7.90. The summed E-state index contributed by atoms with van der Waals surface area (Å²) >= 11 is 0. The van der Waals surface area contributed by atoms with Gasteiger partial charge in [-0.05, 0) is 38.5 Å². The first-order valence-corrected chi connectivity index (χ1v) is 17.4. The maximum atomic E-state index is 13.8. The number of nitrogens with two attached hydrogens (primary N) is 1. The fourth-order valence-corrected chi connectivity index (χ4v) is 7.08. The molecule has 274 valence electrons. The third kappa shape index (κ3) is 11.0. The van der Waals surface area contributed by atoms with Gasteiger partial charge in [0.1, 0.15) is 0 Å². The SMILES string of the molecule is CC[C@H](C)[C@@H]([C@@H](CC(=O)N1CCC[C@H]1[C@H](OC)[C@@H](C)C(=O)NS(=O)(=O)C(C)[C@H](C)NC(=O)C(F)(F)F)OC)N(C)C(=O)[C@@H](N)C(C)C. The smallest absolute Gasteiger partial charge is 0.379 e. The zero-order valence-electron chi connectivity index (χ0n) is 29.1. The Hall–Kier alpha value is -2.50. The van der Waals surface area contributed by atoms with E-state index < -0.39 is 75.6 Å². The first kappa shape index (κ1) is 42.5. The van der Waals surface area contributed by atoms with E-state index in [-0.39, 0.29) is 30.1 Å². The Kier molecular flexibility index (Phi) is 16.1. The van der Waals surface area contributed by atoms with Crippen molar-refractivity contribution in [1.82, 2.24) is 19.8 Å². The Morgan fingerprint density at radius 3 is 2.09 bits per heavy atom. The van der Waals surface area contributed by atoms with Crippen molar-refractivity contribution in [1.29, 1.82) is 0 Å². The number of rotatable bonds is 17. The highest BCUT2D eigenvalue weighted by Crippen LogP contribution is 2.29. The molecule has 0 aromatic heterocycles. The lowest BCUT2D eigenvalue weighted by molar-refractivity contribution is -0.174. The maximum absolute atomic E-state index is 13.8. The van der Waals surface area contributed by atoms with E-state index >= 15 is 0 Å². The topological polar surface area (TPSA) is 177 Å². The standard InChI is InChI=1S/C30H54F3N5O8S/c1-11-17(4)25(37(8)28(41)24(34)16(2)3)22(45-9)15-23(39)38-14-12-13-21(38)26(46-10)18(5)27(40)36-47(43,44)20(7)19(6)35-29(42)30(31,32)33/h16-22,24-26H,11-15,34H2,1-10H3,(H,35,42)(H,36,40)/t17-,18+,19-,20?,21-,22+,24-,25-,26+/m0/s1. The summed E-state index contributed by atoms with van der Waals surface area (Å²) in [7, 11) is -0.0823. The second-order valence-corrected chi connectivity index (χ2v) is 14.9. The van der Waals surface area contributed by atoms with Gasteiger partial charge in [-0.3, -0.25) is 23.9 Å². The number of likely N-dealkylation sites (N-methyl/N-ethyl adjacent to an activating group) is 1. The number of methoxy groups -OCH3 is 2. The van der Waals surface area contributed by atoms with Crippen LogP contribution in [0.1, 0.15) is 74.1 Å². The number of amides is 4. The van der Waals surface area contributed by atoms with E-state index in [1.165, 1.54) is 21.1 Å². The van der Waals surface area contributed by atoms with Gasteiger partial charge in [-0.2, -0.15) is 13.2 Å². The van der Waals surface area contributed by atoms with Crippen LogP contribution in [0.25, 0.3) is 0 Å². The van der Waals surface area contributed by atoms with Gasteiger partial charge in [-0.1, -0.05) is 41.0 Å². The number of sulfonamides is 1. The van der Waals surface area contributed by atoms with Crippen LogP contribution in [-0.2, 0) is 38.7 Å². The number of hydrogen-bond acceptors (Lipinski definition) is 9. The number of ether oxygens (including phenoxy) is 2. The van der Waals surface area contributed by atoms with Gasteiger partial charge >= 0.3 is 12.1 Å². The summed E-state index contributed by atoms with van der Waals surface area (Å²) in [6.45, 7) is 11.5. The third-order valence-corrected chi connectivity index (χ3v) is 11.2. The van der Waals surface area contributed by atoms with Gasteiger partial charge in [0.25, 0.3) is 0 Å². The summed E-state index contributed by atoms with van der Waals surface area (Å²) in [6.07, 6.45) is -5.16. The Balaban J connectivity index is 3.15. The summed E-state index contributed by atoms with van der Waals surface area (Å²) in [5.74, 6) is -5.09. The van der Waals surface area contributed by atoms with Crippen molar-refractivity contribution in [3.63, 3.8) is 0 Å². The normalized spacial score (nSPS) is 20.8. The van der Waals surface area contributed by atoms with Crippen LogP contribution in [0.4, 0.5) is 13.2 Å². The van der Waals surface area contributed by atoms with Crippen LogP contribution < -0.4 is 15.8 Å². The molecule has 0 aromatic rings. The second kappa shape index (κ2) is 17.8. The van der Waals surface area contributed by atoms with Gasteiger partial charge in [-0.25, -0.2) is 8.42 Å². The molecule has 1 aliphatic heterocycles. The maximum Gasteiger partial charge on any atom is 0.471 e. The average Bonchev–Trinajstić information content (AvgIpc) is 3.48. The van der Waals surface area contributed by atoms with Gasteiger partial charge in [0, 0.05) is 33.9 Å². The molecular weight excluding hydrogens is 647 g/mol. The molecule has 0 bridgehead atoms. The predicted molar refractivity (Wildman–Crippen MR) is 169 cm³/mol. The lowest BCUT2D eigenvalue weighted by atomic mass is 9.89. The number of nitrogens with one attached hydrogen (secondary N) is 2. The molecule has 47 heavy (non-hydrogen) atoms. The number of nitrogens with zero attached hydrogens (tertiary/aromatic N) is 2. The number of hydrogen-bond donors (Lipinski definition) is 3. The molecule has 4 N–H and O–H groups in total. The van der Waals surface area contributed by atoms with Crippen molar-refractivity contribution in [3.8, 4) is 0 Å². The lowest BCUT2D eigenvalue weighted by Gasteiger charge is -2.40. The Morgan fingerprint density at radius 2 is 1.62 bits per heavy atom. The van der Waals surface area contributed by atoms with Gasteiger partial charge in [0.15, 0.2) is 0 Å². The largest absolute Gasteiger partial charge is 0.471 e. The van der Waals surface area contributed by atoms with Crippen LogP contribution in [0.15, 0.2) is 0 Å². The number of carbonyl (C=O) groups excluding carboxylic acids is 4. The van der Waals surface area contributed by atoms with Crippen LogP contribution >= 0.6 is 0 Å². The number of alkyl halides is 3. The molecule has 1 heterocycles. The molecule has 0 aromatic carbocycles. The van der Waals surface area contributed by atoms with E-state index in [0.717, 1.165) is 13.8 Å². The van der Waals surface area contributed by atoms with E-state index in [0.29, 0.717) is 25.8 Å². The second-order valence-electron chi connectivity index (χ2n) is 12.8. The molecule has 0 saturated carbocycles. The van der Waals surface area contributed by atoms with E-state index in [1.54, 1.807) is 22.2 Å². The molecule has 1 fully saturated rings. The Morgan fingerprint density at radius 1 is 1.04 bits per heavy atom. The van der Waals surface area contributed by atoms with Crippen LogP contribution in [0, 0.1) is 17.8 Å². The quantitative estimate of drug-likeness (QED) is 0.204.